The summed E-state index contributed by atoms with van der Waals surface area (Å²) in [5, 5.41) is 6.32. The van der Waals surface area contributed by atoms with Gasteiger partial charge in [-0.2, -0.15) is 5.10 Å². The molecule has 7 nitrogen and oxygen atoms in total. The lowest BCUT2D eigenvalue weighted by Crippen LogP contribution is -2.49. The number of aryl methyl sites for hydroxylation is 1. The van der Waals surface area contributed by atoms with Crippen molar-refractivity contribution < 1.29 is 4.79 Å². The smallest absolute Gasteiger partial charge is 0.253 e. The van der Waals surface area contributed by atoms with E-state index in [0.717, 1.165) is 35.9 Å². The number of carbonyl (C=O) groups is 1. The zero-order chi connectivity index (χ0) is 21.2. The highest BCUT2D eigenvalue weighted by molar-refractivity contribution is 7.13. The molecule has 156 valence electrons. The Balaban J connectivity index is 1.26. The van der Waals surface area contributed by atoms with Gasteiger partial charge in [-0.3, -0.25) is 4.79 Å². The highest BCUT2D eigenvalue weighted by atomic mass is 32.1. The van der Waals surface area contributed by atoms with Crippen LogP contribution < -0.4 is 4.90 Å². The number of benzene rings is 1. The highest BCUT2D eigenvalue weighted by Crippen LogP contribution is 2.25. The van der Waals surface area contributed by atoms with E-state index in [4.69, 9.17) is 0 Å². The Hall–Kier alpha value is -3.52. The second-order valence-electron chi connectivity index (χ2n) is 7.42. The molecule has 0 atom stereocenters. The van der Waals surface area contributed by atoms with E-state index >= 15 is 0 Å². The van der Waals surface area contributed by atoms with Crippen LogP contribution in [0.5, 0.6) is 0 Å². The van der Waals surface area contributed by atoms with Gasteiger partial charge in [-0.05, 0) is 42.1 Å². The van der Waals surface area contributed by atoms with Crippen molar-refractivity contribution in [1.82, 2.24) is 24.6 Å². The van der Waals surface area contributed by atoms with Crippen LogP contribution in [0.3, 0.4) is 0 Å². The number of hydrogen-bond acceptors (Lipinski definition) is 6. The molecule has 31 heavy (non-hydrogen) atoms. The summed E-state index contributed by atoms with van der Waals surface area (Å²) < 4.78 is 1.73. The SMILES string of the molecule is Cc1nc(N2CCN(C(=O)c3ccc(-c4cccs4)cc3)CC2)cc(-n2cccn2)n1. The minimum atomic E-state index is 0.0773. The standard InChI is InChI=1S/C23H22N6OS/c1-17-25-21(16-22(26-17)29-10-3-9-24-29)27-11-13-28(14-12-27)23(30)19-7-5-18(6-8-19)20-4-2-15-31-20/h2-10,15-16H,11-14H2,1H3. The molecule has 5 rings (SSSR count). The van der Waals surface area contributed by atoms with Crippen molar-refractivity contribution in [2.75, 3.05) is 31.1 Å². The molecule has 0 bridgehead atoms. The van der Waals surface area contributed by atoms with Crippen LogP contribution in [-0.2, 0) is 0 Å². The molecule has 0 saturated carbocycles. The first-order valence-corrected chi connectivity index (χ1v) is 11.1. The molecule has 8 heteroatoms. The number of nitrogens with zero attached hydrogens (tertiary/aromatic N) is 6. The van der Waals surface area contributed by atoms with Crippen molar-refractivity contribution in [3.05, 3.63) is 77.7 Å². The van der Waals surface area contributed by atoms with Crippen molar-refractivity contribution in [3.63, 3.8) is 0 Å². The minimum Gasteiger partial charge on any atom is -0.353 e. The maximum atomic E-state index is 13.0. The average Bonchev–Trinajstić information content (AvgIpc) is 3.53. The topological polar surface area (TPSA) is 67.2 Å². The number of aromatic nitrogens is 4. The fourth-order valence-electron chi connectivity index (χ4n) is 3.76. The fourth-order valence-corrected chi connectivity index (χ4v) is 4.49. The second-order valence-corrected chi connectivity index (χ2v) is 8.36. The average molecular weight is 431 g/mol. The molecule has 1 amide bonds. The summed E-state index contributed by atoms with van der Waals surface area (Å²) in [4.78, 5) is 27.4. The Morgan fingerprint density at radius 3 is 2.42 bits per heavy atom. The van der Waals surface area contributed by atoms with E-state index in [0.29, 0.717) is 18.9 Å². The molecule has 1 aliphatic rings. The molecule has 1 saturated heterocycles. The third kappa shape index (κ3) is 4.06. The van der Waals surface area contributed by atoms with Crippen LogP contribution in [0.1, 0.15) is 16.2 Å². The van der Waals surface area contributed by atoms with E-state index in [1.54, 1.807) is 22.2 Å². The summed E-state index contributed by atoms with van der Waals surface area (Å²) in [5.74, 6) is 2.39. The minimum absolute atomic E-state index is 0.0773. The van der Waals surface area contributed by atoms with Gasteiger partial charge in [-0.25, -0.2) is 14.6 Å². The van der Waals surface area contributed by atoms with Crippen molar-refractivity contribution in [2.45, 2.75) is 6.92 Å². The lowest BCUT2D eigenvalue weighted by Gasteiger charge is -2.35. The Morgan fingerprint density at radius 1 is 0.968 bits per heavy atom. The molecule has 0 radical (unpaired) electrons. The van der Waals surface area contributed by atoms with Crippen LogP contribution in [0.2, 0.25) is 0 Å². The van der Waals surface area contributed by atoms with Crippen molar-refractivity contribution in [3.8, 4) is 16.3 Å². The first kappa shape index (κ1) is 19.4. The monoisotopic (exact) mass is 430 g/mol. The van der Waals surface area contributed by atoms with E-state index in [1.165, 1.54) is 4.88 Å². The van der Waals surface area contributed by atoms with Gasteiger partial charge in [0.15, 0.2) is 5.82 Å². The van der Waals surface area contributed by atoms with Crippen LogP contribution in [0.15, 0.2) is 66.3 Å². The van der Waals surface area contributed by atoms with E-state index in [9.17, 15) is 4.79 Å². The second kappa shape index (κ2) is 8.31. The Morgan fingerprint density at radius 2 is 1.74 bits per heavy atom. The van der Waals surface area contributed by atoms with Crippen molar-refractivity contribution in [2.24, 2.45) is 0 Å². The number of hydrogen-bond donors (Lipinski definition) is 0. The first-order valence-electron chi connectivity index (χ1n) is 10.2. The largest absolute Gasteiger partial charge is 0.353 e. The van der Waals surface area contributed by atoms with E-state index in [1.807, 2.05) is 60.5 Å². The summed E-state index contributed by atoms with van der Waals surface area (Å²) in [6.07, 6.45) is 3.60. The van der Waals surface area contributed by atoms with Gasteiger partial charge >= 0.3 is 0 Å². The van der Waals surface area contributed by atoms with Gasteiger partial charge in [0.2, 0.25) is 0 Å². The molecular weight excluding hydrogens is 408 g/mol. The maximum absolute atomic E-state index is 13.0. The molecular formula is C23H22N6OS. The van der Waals surface area contributed by atoms with Gasteiger partial charge in [0.1, 0.15) is 11.6 Å². The number of anilines is 1. The zero-order valence-electron chi connectivity index (χ0n) is 17.2. The summed E-state index contributed by atoms with van der Waals surface area (Å²) in [5.41, 5.74) is 1.87. The molecule has 1 aliphatic heterocycles. The van der Waals surface area contributed by atoms with Gasteiger partial charge in [-0.15, -0.1) is 11.3 Å². The number of thiophene rings is 1. The predicted molar refractivity (Wildman–Crippen MR) is 122 cm³/mol. The van der Waals surface area contributed by atoms with Gasteiger partial charge in [0, 0.05) is 55.1 Å². The Kier molecular flexibility index (Phi) is 5.21. The summed E-state index contributed by atoms with van der Waals surface area (Å²) >= 11 is 1.70. The third-order valence-electron chi connectivity index (χ3n) is 5.38. The molecule has 0 spiro atoms. The predicted octanol–water partition coefficient (Wildman–Crippen LogP) is 3.66. The molecule has 1 fully saturated rings. The summed E-state index contributed by atoms with van der Waals surface area (Å²) in [6, 6.07) is 15.8. The molecule has 0 aliphatic carbocycles. The normalized spacial score (nSPS) is 14.1. The molecule has 0 N–H and O–H groups in total. The maximum Gasteiger partial charge on any atom is 0.253 e. The molecule has 0 unspecified atom stereocenters. The molecule has 4 heterocycles. The van der Waals surface area contributed by atoms with E-state index in [-0.39, 0.29) is 5.91 Å². The van der Waals surface area contributed by atoms with Gasteiger partial charge in [0.05, 0.1) is 0 Å². The van der Waals surface area contributed by atoms with Crippen LogP contribution in [0.25, 0.3) is 16.3 Å². The van der Waals surface area contributed by atoms with Crippen molar-refractivity contribution >= 4 is 23.1 Å². The lowest BCUT2D eigenvalue weighted by atomic mass is 10.1. The van der Waals surface area contributed by atoms with Crippen LogP contribution in [-0.4, -0.2) is 56.7 Å². The Labute approximate surface area is 184 Å². The number of carbonyl (C=O) groups excluding carboxylic acids is 1. The van der Waals surface area contributed by atoms with Crippen LogP contribution >= 0.6 is 11.3 Å². The Bertz CT molecular complexity index is 1160. The van der Waals surface area contributed by atoms with Crippen molar-refractivity contribution in [1.29, 1.82) is 0 Å². The highest BCUT2D eigenvalue weighted by Gasteiger charge is 2.23. The summed E-state index contributed by atoms with van der Waals surface area (Å²) in [6.45, 7) is 4.66. The quantitative estimate of drug-likeness (QED) is 0.494. The van der Waals surface area contributed by atoms with Gasteiger partial charge < -0.3 is 9.80 Å². The van der Waals surface area contributed by atoms with Gasteiger partial charge in [-0.1, -0.05) is 18.2 Å². The zero-order valence-corrected chi connectivity index (χ0v) is 18.0. The molecule has 4 aromatic rings. The lowest BCUT2D eigenvalue weighted by molar-refractivity contribution is 0.0746. The van der Waals surface area contributed by atoms with E-state index in [2.05, 4.69) is 31.4 Å². The number of piperazine rings is 1. The summed E-state index contributed by atoms with van der Waals surface area (Å²) in [7, 11) is 0. The van der Waals surface area contributed by atoms with Gasteiger partial charge in [0.25, 0.3) is 5.91 Å². The van der Waals surface area contributed by atoms with E-state index < -0.39 is 0 Å². The first-order chi connectivity index (χ1) is 15.2. The van der Waals surface area contributed by atoms with Crippen LogP contribution in [0.4, 0.5) is 5.82 Å². The fraction of sp³-hybridized carbons (Fsp3) is 0.217. The number of amides is 1. The molecule has 1 aromatic carbocycles. The third-order valence-corrected chi connectivity index (χ3v) is 6.30. The molecule has 3 aromatic heterocycles. The number of rotatable bonds is 4. The van der Waals surface area contributed by atoms with Crippen LogP contribution in [0, 0.1) is 6.92 Å².